The highest BCUT2D eigenvalue weighted by Crippen LogP contribution is 2.34. The Morgan fingerprint density at radius 3 is 3.00 bits per heavy atom. The second-order valence-electron chi connectivity index (χ2n) is 6.60. The predicted molar refractivity (Wildman–Crippen MR) is 84.4 cm³/mol. The fourth-order valence-corrected chi connectivity index (χ4v) is 3.74. The third kappa shape index (κ3) is 3.84. The van der Waals surface area contributed by atoms with Crippen LogP contribution in [-0.2, 0) is 16.0 Å². The van der Waals surface area contributed by atoms with Crippen molar-refractivity contribution < 1.29 is 9.53 Å². The van der Waals surface area contributed by atoms with Gasteiger partial charge < -0.3 is 15.0 Å². The molecule has 0 spiro atoms. The van der Waals surface area contributed by atoms with E-state index in [2.05, 4.69) is 22.2 Å². The van der Waals surface area contributed by atoms with Gasteiger partial charge in [-0.2, -0.15) is 0 Å². The summed E-state index contributed by atoms with van der Waals surface area (Å²) in [5, 5.41) is 3.04. The standard InChI is InChI=1S/C17H25N3O2/c1-20-9-15-12-22-11-14(16(15)10-20)8-17(21)19-7-4-13-2-5-18-6-3-13/h2-3,5-6,14-16H,4,7-12H2,1H3,(H,19,21)/t14-,15-,16+/m0/s1. The van der Waals surface area contributed by atoms with E-state index in [0.29, 0.717) is 30.7 Å². The van der Waals surface area contributed by atoms with Gasteiger partial charge in [0.25, 0.3) is 0 Å². The largest absolute Gasteiger partial charge is 0.381 e. The van der Waals surface area contributed by atoms with Gasteiger partial charge in [-0.15, -0.1) is 0 Å². The molecule has 120 valence electrons. The molecule has 1 N–H and O–H groups in total. The van der Waals surface area contributed by atoms with Crippen LogP contribution in [0.2, 0.25) is 0 Å². The molecule has 1 aromatic rings. The molecule has 2 saturated heterocycles. The zero-order valence-corrected chi connectivity index (χ0v) is 13.2. The van der Waals surface area contributed by atoms with Crippen LogP contribution in [0.3, 0.4) is 0 Å². The Morgan fingerprint density at radius 2 is 2.18 bits per heavy atom. The van der Waals surface area contributed by atoms with Gasteiger partial charge in [0, 0.05) is 38.4 Å². The Bertz CT molecular complexity index is 494. The fraction of sp³-hybridized carbons (Fsp3) is 0.647. The van der Waals surface area contributed by atoms with E-state index in [-0.39, 0.29) is 5.91 Å². The Labute approximate surface area is 132 Å². The number of hydrogen-bond acceptors (Lipinski definition) is 4. The molecule has 3 heterocycles. The maximum absolute atomic E-state index is 12.2. The first-order chi connectivity index (χ1) is 10.7. The second-order valence-corrected chi connectivity index (χ2v) is 6.60. The highest BCUT2D eigenvalue weighted by molar-refractivity contribution is 5.76. The van der Waals surface area contributed by atoms with Gasteiger partial charge in [-0.1, -0.05) is 0 Å². The summed E-state index contributed by atoms with van der Waals surface area (Å²) in [4.78, 5) is 18.5. The fourth-order valence-electron chi connectivity index (χ4n) is 3.74. The van der Waals surface area contributed by atoms with E-state index in [4.69, 9.17) is 4.74 Å². The summed E-state index contributed by atoms with van der Waals surface area (Å²) >= 11 is 0. The van der Waals surface area contributed by atoms with Gasteiger partial charge in [0.05, 0.1) is 13.2 Å². The van der Waals surface area contributed by atoms with Crippen molar-refractivity contribution in [1.82, 2.24) is 15.2 Å². The molecule has 0 unspecified atom stereocenters. The smallest absolute Gasteiger partial charge is 0.220 e. The van der Waals surface area contributed by atoms with E-state index in [0.717, 1.165) is 32.7 Å². The van der Waals surface area contributed by atoms with Crippen LogP contribution < -0.4 is 5.32 Å². The monoisotopic (exact) mass is 303 g/mol. The summed E-state index contributed by atoms with van der Waals surface area (Å²) in [6, 6.07) is 3.97. The van der Waals surface area contributed by atoms with Gasteiger partial charge in [0.1, 0.15) is 0 Å². The summed E-state index contributed by atoms with van der Waals surface area (Å²) in [5.74, 6) is 1.74. The number of nitrogens with zero attached hydrogens (tertiary/aromatic N) is 2. The zero-order chi connectivity index (χ0) is 15.4. The molecule has 3 rings (SSSR count). The van der Waals surface area contributed by atoms with E-state index >= 15 is 0 Å². The number of hydrogen-bond donors (Lipinski definition) is 1. The number of likely N-dealkylation sites (tertiary alicyclic amines) is 1. The van der Waals surface area contributed by atoms with Crippen LogP contribution in [0.15, 0.2) is 24.5 Å². The zero-order valence-electron chi connectivity index (χ0n) is 13.2. The minimum Gasteiger partial charge on any atom is -0.381 e. The normalized spacial score (nSPS) is 28.3. The molecule has 3 atom stereocenters. The number of ether oxygens (including phenoxy) is 1. The molecule has 22 heavy (non-hydrogen) atoms. The molecule has 2 aliphatic rings. The topological polar surface area (TPSA) is 54.5 Å². The molecular weight excluding hydrogens is 278 g/mol. The van der Waals surface area contributed by atoms with Crippen LogP contribution in [0.25, 0.3) is 0 Å². The average Bonchev–Trinajstić information content (AvgIpc) is 2.90. The van der Waals surface area contributed by atoms with E-state index in [9.17, 15) is 4.79 Å². The van der Waals surface area contributed by atoms with Crippen LogP contribution >= 0.6 is 0 Å². The molecule has 2 aliphatic heterocycles. The predicted octanol–water partition coefficient (Wildman–Crippen LogP) is 0.955. The highest BCUT2D eigenvalue weighted by atomic mass is 16.5. The lowest BCUT2D eigenvalue weighted by Crippen LogP contribution is -2.38. The van der Waals surface area contributed by atoms with E-state index in [1.807, 2.05) is 12.1 Å². The lowest BCUT2D eigenvalue weighted by molar-refractivity contribution is -0.124. The molecule has 2 fully saturated rings. The van der Waals surface area contributed by atoms with Crippen LogP contribution in [0.1, 0.15) is 12.0 Å². The van der Waals surface area contributed by atoms with Crippen molar-refractivity contribution in [2.75, 3.05) is 39.9 Å². The molecule has 0 aliphatic carbocycles. The number of rotatable bonds is 5. The van der Waals surface area contributed by atoms with Crippen molar-refractivity contribution in [1.29, 1.82) is 0 Å². The van der Waals surface area contributed by atoms with Crippen molar-refractivity contribution in [2.24, 2.45) is 17.8 Å². The van der Waals surface area contributed by atoms with Crippen LogP contribution in [-0.4, -0.2) is 55.7 Å². The van der Waals surface area contributed by atoms with Crippen LogP contribution in [0.5, 0.6) is 0 Å². The summed E-state index contributed by atoms with van der Waals surface area (Å²) in [6.45, 7) is 4.47. The molecule has 1 aromatic heterocycles. The van der Waals surface area contributed by atoms with Crippen molar-refractivity contribution in [3.05, 3.63) is 30.1 Å². The number of pyridine rings is 1. The number of fused-ring (bicyclic) bond motifs is 1. The third-order valence-corrected chi connectivity index (χ3v) is 4.88. The van der Waals surface area contributed by atoms with Crippen LogP contribution in [0, 0.1) is 17.8 Å². The Balaban J connectivity index is 1.43. The molecule has 5 nitrogen and oxygen atoms in total. The SMILES string of the molecule is CN1C[C@H]2COC[C@H](CC(=O)NCCc3ccncc3)[C@H]2C1. The molecule has 0 saturated carbocycles. The first kappa shape index (κ1) is 15.4. The molecule has 1 amide bonds. The number of aromatic nitrogens is 1. The molecule has 0 aromatic carbocycles. The van der Waals surface area contributed by atoms with Crippen molar-refractivity contribution in [2.45, 2.75) is 12.8 Å². The van der Waals surface area contributed by atoms with Gasteiger partial charge in [-0.3, -0.25) is 9.78 Å². The number of nitrogens with one attached hydrogen (secondary N) is 1. The summed E-state index contributed by atoms with van der Waals surface area (Å²) in [7, 11) is 2.16. The van der Waals surface area contributed by atoms with Crippen LogP contribution in [0.4, 0.5) is 0 Å². The first-order valence-electron chi connectivity index (χ1n) is 8.14. The van der Waals surface area contributed by atoms with Crippen molar-refractivity contribution >= 4 is 5.91 Å². The molecular formula is C17H25N3O2. The maximum Gasteiger partial charge on any atom is 0.220 e. The van der Waals surface area contributed by atoms with E-state index in [1.54, 1.807) is 12.4 Å². The third-order valence-electron chi connectivity index (χ3n) is 4.88. The lowest BCUT2D eigenvalue weighted by atomic mass is 9.81. The minimum atomic E-state index is 0.151. The Kier molecular flexibility index (Phi) is 5.05. The highest BCUT2D eigenvalue weighted by Gasteiger charge is 2.40. The average molecular weight is 303 g/mol. The number of carbonyl (C=O) groups excluding carboxylic acids is 1. The summed E-state index contributed by atoms with van der Waals surface area (Å²) in [5.41, 5.74) is 1.20. The summed E-state index contributed by atoms with van der Waals surface area (Å²) in [6.07, 6.45) is 5.01. The minimum absolute atomic E-state index is 0.151. The van der Waals surface area contributed by atoms with Gasteiger partial charge in [0.15, 0.2) is 0 Å². The Hall–Kier alpha value is -1.46. The quantitative estimate of drug-likeness (QED) is 0.880. The summed E-state index contributed by atoms with van der Waals surface area (Å²) < 4.78 is 5.71. The maximum atomic E-state index is 12.2. The Morgan fingerprint density at radius 1 is 1.36 bits per heavy atom. The van der Waals surface area contributed by atoms with Gasteiger partial charge in [-0.25, -0.2) is 0 Å². The van der Waals surface area contributed by atoms with E-state index < -0.39 is 0 Å². The molecule has 0 radical (unpaired) electrons. The molecule has 5 heteroatoms. The van der Waals surface area contributed by atoms with Gasteiger partial charge in [0.2, 0.25) is 5.91 Å². The van der Waals surface area contributed by atoms with Crippen molar-refractivity contribution in [3.63, 3.8) is 0 Å². The molecule has 0 bridgehead atoms. The van der Waals surface area contributed by atoms with Gasteiger partial charge >= 0.3 is 0 Å². The number of amides is 1. The second kappa shape index (κ2) is 7.20. The van der Waals surface area contributed by atoms with E-state index in [1.165, 1.54) is 5.56 Å². The van der Waals surface area contributed by atoms with Crippen molar-refractivity contribution in [3.8, 4) is 0 Å². The number of carbonyl (C=O) groups is 1. The van der Waals surface area contributed by atoms with Gasteiger partial charge in [-0.05, 0) is 48.9 Å². The lowest BCUT2D eigenvalue weighted by Gasteiger charge is -2.32. The first-order valence-corrected chi connectivity index (χ1v) is 8.14.